The zero-order chi connectivity index (χ0) is 6.69. The fraction of sp³-hybridized carbons (Fsp3) is 0.500. The molecule has 0 aromatic carbocycles. The number of rotatable bonds is 1. The molecule has 0 radical (unpaired) electrons. The summed E-state index contributed by atoms with van der Waals surface area (Å²) < 4.78 is 0.475. The summed E-state index contributed by atoms with van der Waals surface area (Å²) in [6.07, 6.45) is 1.71. The van der Waals surface area contributed by atoms with E-state index >= 15 is 0 Å². The van der Waals surface area contributed by atoms with Gasteiger partial charge in [-0.15, -0.1) is 12.6 Å². The lowest BCUT2D eigenvalue weighted by atomic mass is 10.7. The Morgan fingerprint density at radius 3 is 3.11 bits per heavy atom. The summed E-state index contributed by atoms with van der Waals surface area (Å²) in [5, 5.41) is 1.80. The van der Waals surface area contributed by atoms with Crippen LogP contribution in [0.25, 0.3) is 0 Å². The van der Waals surface area contributed by atoms with Crippen LogP contribution in [0.3, 0.4) is 0 Å². The monoisotopic (exact) mass is 161 g/mol. The van der Waals surface area contributed by atoms with Crippen LogP contribution < -0.4 is 5.43 Å². The van der Waals surface area contributed by atoms with Gasteiger partial charge in [-0.05, 0) is 0 Å². The topological polar surface area (TPSA) is 27.6 Å². The predicted molar refractivity (Wildman–Crippen MR) is 44.8 cm³/mol. The van der Waals surface area contributed by atoms with Crippen molar-refractivity contribution in [3.05, 3.63) is 0 Å². The lowest BCUT2D eigenvalue weighted by Crippen LogP contribution is -2.36. The molecule has 3 nitrogen and oxygen atoms in total. The van der Waals surface area contributed by atoms with E-state index in [4.69, 9.17) is 0 Å². The highest BCUT2D eigenvalue weighted by molar-refractivity contribution is 8.11. The molecule has 0 aliphatic carbocycles. The van der Waals surface area contributed by atoms with E-state index in [-0.39, 0.29) is 0 Å². The van der Waals surface area contributed by atoms with Crippen LogP contribution in [-0.4, -0.2) is 28.8 Å². The number of aliphatic imine (C=N–C) groups is 1. The van der Waals surface area contributed by atoms with E-state index in [1.54, 1.807) is 11.3 Å². The Balaban J connectivity index is 2.28. The highest BCUT2D eigenvalue weighted by atomic mass is 32.1. The number of nitrogens with zero attached hydrogens (tertiary/aromatic N) is 2. The molecule has 0 atom stereocenters. The molecular weight excluding hydrogens is 154 g/mol. The van der Waals surface area contributed by atoms with E-state index in [0.29, 0.717) is 4.32 Å². The molecule has 0 amide bonds. The molecule has 0 aromatic heterocycles. The number of thiocarbonyl (C=S) groups is 1. The molecule has 0 saturated heterocycles. The van der Waals surface area contributed by atoms with Gasteiger partial charge < -0.3 is 0 Å². The van der Waals surface area contributed by atoms with E-state index < -0.39 is 0 Å². The Kier molecular flexibility index (Phi) is 2.29. The lowest BCUT2D eigenvalue weighted by molar-refractivity contribution is 0.430. The maximum atomic E-state index is 4.68. The molecule has 1 rings (SSSR count). The Morgan fingerprint density at radius 1 is 1.89 bits per heavy atom. The minimum atomic E-state index is 0.475. The van der Waals surface area contributed by atoms with Gasteiger partial charge >= 0.3 is 0 Å². The van der Waals surface area contributed by atoms with Crippen LogP contribution in [0.2, 0.25) is 0 Å². The summed E-state index contributed by atoms with van der Waals surface area (Å²) in [6, 6.07) is 0. The first-order valence-corrected chi connectivity index (χ1v) is 3.41. The van der Waals surface area contributed by atoms with Gasteiger partial charge in [-0.1, -0.05) is 12.2 Å². The average Bonchev–Trinajstić information content (AvgIpc) is 2.15. The lowest BCUT2D eigenvalue weighted by Gasteiger charge is -2.13. The summed E-state index contributed by atoms with van der Waals surface area (Å²) in [5.41, 5.74) is 2.82. The van der Waals surface area contributed by atoms with Crippen LogP contribution in [0.4, 0.5) is 0 Å². The minimum Gasteiger partial charge on any atom is -0.282 e. The molecule has 0 saturated carbocycles. The largest absolute Gasteiger partial charge is 0.282 e. The number of hydrogen-bond donors (Lipinski definition) is 2. The summed E-state index contributed by atoms with van der Waals surface area (Å²) in [4.78, 5) is 3.96. The third-order valence-electron chi connectivity index (χ3n) is 0.930. The van der Waals surface area contributed by atoms with Crippen molar-refractivity contribution in [3.63, 3.8) is 0 Å². The first kappa shape index (κ1) is 6.82. The van der Waals surface area contributed by atoms with Crippen molar-refractivity contribution in [2.45, 2.75) is 0 Å². The number of thiol groups is 1. The molecule has 0 bridgehead atoms. The molecular formula is C4H7N3S2. The summed E-state index contributed by atoms with van der Waals surface area (Å²) in [5.74, 6) is 0. The molecule has 1 N–H and O–H groups in total. The fourth-order valence-electron chi connectivity index (χ4n) is 0.587. The maximum Gasteiger partial charge on any atom is 0.149 e. The molecule has 1 aliphatic heterocycles. The zero-order valence-electron chi connectivity index (χ0n) is 4.74. The smallest absolute Gasteiger partial charge is 0.149 e. The second-order valence-corrected chi connectivity index (χ2v) is 2.79. The Bertz CT molecular complexity index is 145. The van der Waals surface area contributed by atoms with Gasteiger partial charge in [0, 0.05) is 0 Å². The second-order valence-electron chi connectivity index (χ2n) is 1.63. The van der Waals surface area contributed by atoms with Crippen molar-refractivity contribution in [2.24, 2.45) is 4.99 Å². The van der Waals surface area contributed by atoms with Crippen molar-refractivity contribution in [1.82, 2.24) is 10.4 Å². The maximum absolute atomic E-state index is 4.68. The number of hydrogen-bond acceptors (Lipinski definition) is 3. The quantitative estimate of drug-likeness (QED) is 0.420. The molecule has 0 aromatic rings. The molecule has 1 aliphatic rings. The Morgan fingerprint density at radius 2 is 2.67 bits per heavy atom. The molecule has 9 heavy (non-hydrogen) atoms. The summed E-state index contributed by atoms with van der Waals surface area (Å²) in [6.45, 7) is 1.71. The predicted octanol–water partition coefficient (Wildman–Crippen LogP) is 0.0496. The Labute approximate surface area is 64.5 Å². The van der Waals surface area contributed by atoms with Gasteiger partial charge in [0.25, 0.3) is 0 Å². The summed E-state index contributed by atoms with van der Waals surface area (Å²) in [7, 11) is 0. The molecule has 0 unspecified atom stereocenters. The van der Waals surface area contributed by atoms with Gasteiger partial charge in [0.2, 0.25) is 0 Å². The van der Waals surface area contributed by atoms with E-state index in [0.717, 1.165) is 13.1 Å². The number of nitrogens with one attached hydrogen (secondary N) is 1. The third kappa shape index (κ3) is 2.19. The zero-order valence-corrected chi connectivity index (χ0v) is 6.45. The van der Waals surface area contributed by atoms with Gasteiger partial charge in [-0.3, -0.25) is 15.4 Å². The minimum absolute atomic E-state index is 0.475. The normalized spacial score (nSPS) is 16.3. The molecule has 5 heteroatoms. The van der Waals surface area contributed by atoms with Crippen LogP contribution in [0.1, 0.15) is 0 Å². The molecule has 50 valence electrons. The van der Waals surface area contributed by atoms with Crippen LogP contribution in [0.15, 0.2) is 4.99 Å². The molecule has 0 fully saturated rings. The SMILES string of the molecule is S=C(S)NN1C=NCC1. The van der Waals surface area contributed by atoms with Gasteiger partial charge in [0.15, 0.2) is 0 Å². The second kappa shape index (κ2) is 3.03. The molecule has 0 spiro atoms. The standard InChI is InChI=1S/C4H7N3S2/c8-4(9)6-7-2-1-5-3-7/h3H,1-2H2,(H2,6,8,9). The van der Waals surface area contributed by atoms with Crippen LogP contribution in [0.5, 0.6) is 0 Å². The fourth-order valence-corrected chi connectivity index (χ4v) is 0.833. The molecule has 1 heterocycles. The van der Waals surface area contributed by atoms with Gasteiger partial charge in [-0.25, -0.2) is 0 Å². The first-order valence-electron chi connectivity index (χ1n) is 2.55. The first-order chi connectivity index (χ1) is 4.29. The van der Waals surface area contributed by atoms with E-state index in [1.807, 2.05) is 0 Å². The third-order valence-corrected chi connectivity index (χ3v) is 1.12. The van der Waals surface area contributed by atoms with Crippen molar-refractivity contribution in [1.29, 1.82) is 0 Å². The van der Waals surface area contributed by atoms with Crippen molar-refractivity contribution in [3.8, 4) is 0 Å². The van der Waals surface area contributed by atoms with Crippen LogP contribution in [-0.2, 0) is 0 Å². The Hall–Kier alpha value is -0.290. The van der Waals surface area contributed by atoms with Crippen molar-refractivity contribution < 1.29 is 0 Å². The van der Waals surface area contributed by atoms with Crippen LogP contribution >= 0.6 is 24.8 Å². The van der Waals surface area contributed by atoms with E-state index in [1.165, 1.54) is 0 Å². The van der Waals surface area contributed by atoms with Crippen molar-refractivity contribution in [2.75, 3.05) is 13.1 Å². The highest BCUT2D eigenvalue weighted by Crippen LogP contribution is 1.89. The van der Waals surface area contributed by atoms with Gasteiger partial charge in [0.1, 0.15) is 10.7 Å². The summed E-state index contributed by atoms with van der Waals surface area (Å²) >= 11 is 8.57. The average molecular weight is 161 g/mol. The van der Waals surface area contributed by atoms with E-state index in [2.05, 4.69) is 35.3 Å². The van der Waals surface area contributed by atoms with Crippen LogP contribution in [0, 0.1) is 0 Å². The van der Waals surface area contributed by atoms with Crippen molar-refractivity contribution >= 4 is 35.5 Å². The highest BCUT2D eigenvalue weighted by Gasteiger charge is 2.02. The van der Waals surface area contributed by atoms with Gasteiger partial charge in [-0.2, -0.15) is 0 Å². The number of hydrazine groups is 1. The van der Waals surface area contributed by atoms with Gasteiger partial charge in [0.05, 0.1) is 13.1 Å². The van der Waals surface area contributed by atoms with E-state index in [9.17, 15) is 0 Å².